The molecule has 1 N–H and O–H groups in total. The number of aromatic nitrogens is 1. The van der Waals surface area contributed by atoms with Crippen LogP contribution in [0.3, 0.4) is 0 Å². The molecule has 9 heteroatoms. The van der Waals surface area contributed by atoms with Crippen molar-refractivity contribution in [3.8, 4) is 28.7 Å². The summed E-state index contributed by atoms with van der Waals surface area (Å²) in [7, 11) is 0. The Bertz CT molecular complexity index is 1410. The number of aryl methyl sites for hydroxylation is 1. The highest BCUT2D eigenvalue weighted by Crippen LogP contribution is 2.29. The van der Waals surface area contributed by atoms with Gasteiger partial charge in [0.2, 0.25) is 0 Å². The monoisotopic (exact) mass is 456 g/mol. The molecule has 1 amide bonds. The molecule has 162 valence electrons. The van der Waals surface area contributed by atoms with Crippen molar-refractivity contribution < 1.29 is 14.1 Å². The van der Waals surface area contributed by atoms with E-state index >= 15 is 0 Å². The summed E-state index contributed by atoms with van der Waals surface area (Å²) in [5, 5.41) is 25.2. The molecule has 33 heavy (non-hydrogen) atoms. The molecular weight excluding hydrogens is 440 g/mol. The van der Waals surface area contributed by atoms with Gasteiger partial charge < -0.3 is 4.42 Å². The number of amides is 1. The average Bonchev–Trinajstić information content (AvgIpc) is 3.47. The molecule has 8 nitrogen and oxygen atoms in total. The van der Waals surface area contributed by atoms with Gasteiger partial charge in [0.25, 0.3) is 11.6 Å². The fourth-order valence-corrected chi connectivity index (χ4v) is 3.86. The van der Waals surface area contributed by atoms with E-state index in [0.29, 0.717) is 27.8 Å². The molecule has 0 aliphatic rings. The van der Waals surface area contributed by atoms with Crippen molar-refractivity contribution in [1.82, 2.24) is 4.98 Å². The van der Waals surface area contributed by atoms with Gasteiger partial charge in [0, 0.05) is 34.7 Å². The van der Waals surface area contributed by atoms with E-state index in [1.165, 1.54) is 29.5 Å². The predicted molar refractivity (Wildman–Crippen MR) is 125 cm³/mol. The normalized spacial score (nSPS) is 11.1. The summed E-state index contributed by atoms with van der Waals surface area (Å²) in [4.78, 5) is 27.4. The zero-order chi connectivity index (χ0) is 23.4. The topological polar surface area (TPSA) is 122 Å². The maximum Gasteiger partial charge on any atom is 0.269 e. The maximum absolute atomic E-state index is 12.6. The summed E-state index contributed by atoms with van der Waals surface area (Å²) in [5.41, 5.74) is 2.85. The number of hydrogen-bond donors (Lipinski definition) is 1. The second-order valence-corrected chi connectivity index (χ2v) is 7.84. The van der Waals surface area contributed by atoms with Gasteiger partial charge in [0.1, 0.15) is 23.2 Å². The smallest absolute Gasteiger partial charge is 0.269 e. The number of carbonyl (C=O) groups is 1. The zero-order valence-corrected chi connectivity index (χ0v) is 18.1. The molecule has 2 aromatic heterocycles. The predicted octanol–water partition coefficient (Wildman–Crippen LogP) is 5.83. The maximum atomic E-state index is 12.6. The zero-order valence-electron chi connectivity index (χ0n) is 17.3. The lowest BCUT2D eigenvalue weighted by Crippen LogP contribution is -2.13. The number of rotatable bonds is 6. The van der Waals surface area contributed by atoms with Crippen molar-refractivity contribution in [3.05, 3.63) is 93.1 Å². The molecule has 0 aliphatic carbocycles. The number of furan rings is 1. The van der Waals surface area contributed by atoms with Gasteiger partial charge in [-0.25, -0.2) is 4.98 Å². The van der Waals surface area contributed by atoms with Crippen molar-refractivity contribution >= 4 is 34.1 Å². The van der Waals surface area contributed by atoms with Crippen LogP contribution < -0.4 is 5.32 Å². The van der Waals surface area contributed by atoms with Crippen molar-refractivity contribution in [2.24, 2.45) is 0 Å². The summed E-state index contributed by atoms with van der Waals surface area (Å²) >= 11 is 1.26. The van der Waals surface area contributed by atoms with E-state index in [1.807, 2.05) is 41.8 Å². The Morgan fingerprint density at radius 1 is 1.21 bits per heavy atom. The Labute approximate surface area is 192 Å². The van der Waals surface area contributed by atoms with Crippen LogP contribution in [-0.2, 0) is 4.79 Å². The molecule has 0 saturated carbocycles. The third-order valence-electron chi connectivity index (χ3n) is 4.76. The highest BCUT2D eigenvalue weighted by Gasteiger charge is 2.15. The molecule has 0 atom stereocenters. The van der Waals surface area contributed by atoms with Crippen molar-refractivity contribution in [3.63, 3.8) is 0 Å². The van der Waals surface area contributed by atoms with Crippen molar-refractivity contribution in [1.29, 1.82) is 5.26 Å². The molecule has 2 heterocycles. The highest BCUT2D eigenvalue weighted by molar-refractivity contribution is 7.14. The third kappa shape index (κ3) is 4.87. The number of nitro benzene ring substituents is 1. The largest absolute Gasteiger partial charge is 0.457 e. The Balaban J connectivity index is 1.51. The molecule has 0 spiro atoms. The number of anilines is 1. The van der Waals surface area contributed by atoms with Crippen LogP contribution in [0.4, 0.5) is 10.8 Å². The van der Waals surface area contributed by atoms with Crippen LogP contribution >= 0.6 is 11.3 Å². The van der Waals surface area contributed by atoms with E-state index < -0.39 is 10.8 Å². The van der Waals surface area contributed by atoms with Crippen LogP contribution in [0.15, 0.2) is 76.0 Å². The first-order chi connectivity index (χ1) is 15.9. The molecular formula is C24H16N4O4S. The summed E-state index contributed by atoms with van der Waals surface area (Å²) in [6.07, 6.45) is 1.34. The minimum Gasteiger partial charge on any atom is -0.457 e. The number of nitriles is 1. The number of carbonyl (C=O) groups excluding carboxylic acids is 1. The fourth-order valence-electron chi connectivity index (χ4n) is 3.14. The average molecular weight is 456 g/mol. The number of hydrogen-bond acceptors (Lipinski definition) is 7. The minimum atomic E-state index is -0.601. The lowest BCUT2D eigenvalue weighted by Gasteiger charge is -2.02. The number of thiazole rings is 1. The Morgan fingerprint density at radius 3 is 2.70 bits per heavy atom. The van der Waals surface area contributed by atoms with Gasteiger partial charge >= 0.3 is 0 Å². The second-order valence-electron chi connectivity index (χ2n) is 6.99. The standard InChI is InChI=1S/C24H16N4O4S/c1-15-11-18(28(30)31)7-9-20(15)22-10-8-19(32-22)12-17(13-25)23(29)27-24-26-21(14-33-24)16-5-3-2-4-6-16/h2-12,14H,1H3,(H,26,27,29)/b17-12-. The van der Waals surface area contributed by atoms with Crippen LogP contribution in [0.1, 0.15) is 11.3 Å². The Hall–Kier alpha value is -4.55. The molecule has 4 aromatic rings. The summed E-state index contributed by atoms with van der Waals surface area (Å²) in [5.74, 6) is 0.174. The van der Waals surface area contributed by atoms with Gasteiger partial charge in [-0.1, -0.05) is 30.3 Å². The Kier molecular flexibility index (Phi) is 6.11. The molecule has 0 unspecified atom stereocenters. The molecule has 0 fully saturated rings. The van der Waals surface area contributed by atoms with E-state index in [1.54, 1.807) is 25.1 Å². The first-order valence-electron chi connectivity index (χ1n) is 9.74. The van der Waals surface area contributed by atoms with E-state index in [2.05, 4.69) is 10.3 Å². The van der Waals surface area contributed by atoms with Gasteiger partial charge in [-0.15, -0.1) is 11.3 Å². The molecule has 2 aromatic carbocycles. The number of benzene rings is 2. The van der Waals surface area contributed by atoms with E-state index in [9.17, 15) is 20.2 Å². The van der Waals surface area contributed by atoms with Gasteiger partial charge in [-0.2, -0.15) is 5.26 Å². The lowest BCUT2D eigenvalue weighted by molar-refractivity contribution is -0.384. The highest BCUT2D eigenvalue weighted by atomic mass is 32.1. The van der Waals surface area contributed by atoms with Gasteiger partial charge in [-0.05, 0) is 30.7 Å². The summed E-state index contributed by atoms with van der Waals surface area (Å²) < 4.78 is 5.76. The molecule has 0 aliphatic heterocycles. The van der Waals surface area contributed by atoms with Crippen molar-refractivity contribution in [2.75, 3.05) is 5.32 Å². The number of non-ortho nitro benzene ring substituents is 1. The second kappa shape index (κ2) is 9.30. The first kappa shape index (κ1) is 21.7. The molecule has 0 saturated heterocycles. The van der Waals surface area contributed by atoms with E-state index in [4.69, 9.17) is 4.42 Å². The summed E-state index contributed by atoms with van der Waals surface area (Å²) in [6.45, 7) is 1.74. The lowest BCUT2D eigenvalue weighted by atomic mass is 10.1. The van der Waals surface area contributed by atoms with Gasteiger partial charge in [0.15, 0.2) is 5.13 Å². The van der Waals surface area contributed by atoms with Gasteiger partial charge in [-0.3, -0.25) is 20.2 Å². The van der Waals surface area contributed by atoms with Crippen LogP contribution in [0.2, 0.25) is 0 Å². The van der Waals surface area contributed by atoms with Crippen molar-refractivity contribution in [2.45, 2.75) is 6.92 Å². The van der Waals surface area contributed by atoms with Gasteiger partial charge in [0.05, 0.1) is 10.6 Å². The number of nitro groups is 1. The van der Waals surface area contributed by atoms with E-state index in [0.717, 1.165) is 11.3 Å². The fraction of sp³-hybridized carbons (Fsp3) is 0.0417. The van der Waals surface area contributed by atoms with E-state index in [-0.39, 0.29) is 11.3 Å². The Morgan fingerprint density at radius 2 is 2.00 bits per heavy atom. The molecule has 4 rings (SSSR count). The van der Waals surface area contributed by atoms with Crippen LogP contribution in [0.25, 0.3) is 28.7 Å². The quantitative estimate of drug-likeness (QED) is 0.168. The number of nitrogens with zero attached hydrogens (tertiary/aromatic N) is 3. The van der Waals surface area contributed by atoms with Crippen LogP contribution in [0, 0.1) is 28.4 Å². The number of nitrogens with one attached hydrogen (secondary N) is 1. The first-order valence-corrected chi connectivity index (χ1v) is 10.6. The minimum absolute atomic E-state index is 0.0102. The SMILES string of the molecule is Cc1cc([N+](=O)[O-])ccc1-c1ccc(/C=C(/C#N)C(=O)Nc2nc(-c3ccccc3)cs2)o1. The molecule has 0 bridgehead atoms. The molecule has 0 radical (unpaired) electrons. The third-order valence-corrected chi connectivity index (χ3v) is 5.52. The summed E-state index contributed by atoms with van der Waals surface area (Å²) in [6, 6.07) is 19.2. The van der Waals surface area contributed by atoms with Crippen LogP contribution in [-0.4, -0.2) is 15.8 Å². The van der Waals surface area contributed by atoms with Crippen LogP contribution in [0.5, 0.6) is 0 Å².